The Morgan fingerprint density at radius 2 is 1.74 bits per heavy atom. The summed E-state index contributed by atoms with van der Waals surface area (Å²) < 4.78 is 0. The maximum atomic E-state index is 12.9. The van der Waals surface area contributed by atoms with Crippen molar-refractivity contribution in [3.8, 4) is 0 Å². The molecule has 0 fully saturated rings. The van der Waals surface area contributed by atoms with E-state index in [4.69, 9.17) is 5.73 Å². The van der Waals surface area contributed by atoms with E-state index < -0.39 is 70.8 Å². The number of nitrogens with zero attached hydrogens (tertiary/aromatic N) is 1. The van der Waals surface area contributed by atoms with Gasteiger partial charge in [-0.25, -0.2) is 0 Å². The van der Waals surface area contributed by atoms with Crippen molar-refractivity contribution < 1.29 is 39.9 Å². The van der Waals surface area contributed by atoms with Gasteiger partial charge in [-0.15, -0.1) is 0 Å². The summed E-state index contributed by atoms with van der Waals surface area (Å²) in [6, 6.07) is -1.03. The van der Waals surface area contributed by atoms with Gasteiger partial charge in [0.25, 0.3) is 5.91 Å². The lowest BCUT2D eigenvalue weighted by Gasteiger charge is -2.40. The van der Waals surface area contributed by atoms with Crippen LogP contribution in [0.5, 0.6) is 0 Å². The van der Waals surface area contributed by atoms with Gasteiger partial charge in [0.15, 0.2) is 11.9 Å². The van der Waals surface area contributed by atoms with Crippen LogP contribution in [0.2, 0.25) is 0 Å². The number of Topliss-reactive ketones (excluding diaryl/α,β-unsaturated/α-hetero) is 1. The highest BCUT2D eigenvalue weighted by molar-refractivity contribution is 6.27. The highest BCUT2D eigenvalue weighted by Crippen LogP contribution is 2.43. The molecule has 2 aliphatic rings. The van der Waals surface area contributed by atoms with Crippen molar-refractivity contribution in [1.29, 1.82) is 0 Å². The molecule has 10 heteroatoms. The van der Waals surface area contributed by atoms with Gasteiger partial charge in [-0.05, 0) is 50.3 Å². The number of hydrogen-bond donors (Lipinski definition) is 6. The lowest BCUT2D eigenvalue weighted by Crippen LogP contribution is -2.41. The topological polar surface area (TPSA) is 182 Å². The molecule has 2 rings (SSSR count). The van der Waals surface area contributed by atoms with E-state index in [2.05, 4.69) is 0 Å². The van der Waals surface area contributed by atoms with Gasteiger partial charge in [0, 0.05) is 17.6 Å². The van der Waals surface area contributed by atoms with E-state index in [0.717, 1.165) is 12.8 Å². The number of aliphatic hydroxyl groups is 5. The quantitative estimate of drug-likeness (QED) is 0.225. The maximum absolute atomic E-state index is 12.9. The van der Waals surface area contributed by atoms with Crippen molar-refractivity contribution in [2.24, 2.45) is 23.0 Å². The average Bonchev–Trinajstić information content (AvgIpc) is 2.80. The maximum Gasteiger partial charge on any atom is 0.255 e. The molecule has 7 N–H and O–H groups in total. The van der Waals surface area contributed by atoms with Crippen molar-refractivity contribution in [2.45, 2.75) is 77.7 Å². The summed E-state index contributed by atoms with van der Waals surface area (Å²) in [5.74, 6) is -6.26. The van der Waals surface area contributed by atoms with Crippen molar-refractivity contribution in [2.75, 3.05) is 14.1 Å². The van der Waals surface area contributed by atoms with Crippen molar-refractivity contribution >= 4 is 17.5 Å². The lowest BCUT2D eigenvalue weighted by atomic mass is 9.67. The highest BCUT2D eigenvalue weighted by Gasteiger charge is 2.41. The molecule has 212 valence electrons. The fourth-order valence-corrected chi connectivity index (χ4v) is 5.53. The summed E-state index contributed by atoms with van der Waals surface area (Å²) in [6.07, 6.45) is 1.26. The predicted octanol–water partition coefficient (Wildman–Crippen LogP) is 1.62. The summed E-state index contributed by atoms with van der Waals surface area (Å²) >= 11 is 0. The zero-order valence-electron chi connectivity index (χ0n) is 23.0. The number of carbonyl (C=O) groups excluding carboxylic acids is 3. The van der Waals surface area contributed by atoms with Crippen LogP contribution in [0.15, 0.2) is 46.5 Å². The minimum absolute atomic E-state index is 0.0733. The molecule has 0 saturated heterocycles. The molecule has 1 amide bonds. The largest absolute Gasteiger partial charge is 0.510 e. The second-order valence-corrected chi connectivity index (χ2v) is 11.3. The third-order valence-electron chi connectivity index (χ3n) is 7.64. The minimum atomic E-state index is -2.44. The Morgan fingerprint density at radius 1 is 1.13 bits per heavy atom. The van der Waals surface area contributed by atoms with Gasteiger partial charge in [0.1, 0.15) is 17.1 Å². The molecule has 0 bridgehead atoms. The van der Waals surface area contributed by atoms with Crippen LogP contribution in [0.4, 0.5) is 0 Å². The third kappa shape index (κ3) is 6.61. The number of amides is 1. The Bertz CT molecular complexity index is 1070. The Morgan fingerprint density at radius 3 is 2.26 bits per heavy atom. The Hall–Kier alpha value is -2.79. The summed E-state index contributed by atoms with van der Waals surface area (Å²) in [6.45, 7) is 7.81. The first kappa shape index (κ1) is 31.4. The summed E-state index contributed by atoms with van der Waals surface area (Å²) in [5.41, 5.74) is 4.58. The fraction of sp³-hybridized carbons (Fsp3) is 0.607. The predicted molar refractivity (Wildman–Crippen MR) is 142 cm³/mol. The first-order valence-electron chi connectivity index (χ1n) is 12.9. The standard InChI is InChI=1S/C28H42N2O8/c1-7-10-28(3,4)17-9-8-16-14(2)11-15(31)12-18(30(5)6)24(35)22(27(29)38)26(37)25(36)20(33)13-19(32)21(16)23(17)34/h8-9,13-15,17-18,23,25,31-32,34-36H,7,10-12H2,1-6H3,(H2,29,38)/b19-13?,24-22-/t14-,15+,17?,18+,23?,25+/m1/s1. The number of primary amides is 1. The lowest BCUT2D eigenvalue weighted by molar-refractivity contribution is -0.134. The molecule has 2 aliphatic carbocycles. The summed E-state index contributed by atoms with van der Waals surface area (Å²) in [7, 11) is 3.12. The molecule has 38 heavy (non-hydrogen) atoms. The van der Waals surface area contributed by atoms with E-state index in [1.165, 1.54) is 4.90 Å². The molecule has 0 aromatic heterocycles. The van der Waals surface area contributed by atoms with Crippen LogP contribution >= 0.6 is 0 Å². The van der Waals surface area contributed by atoms with Crippen molar-refractivity contribution in [3.05, 3.63) is 46.5 Å². The molecule has 0 aromatic carbocycles. The van der Waals surface area contributed by atoms with Gasteiger partial charge >= 0.3 is 0 Å². The van der Waals surface area contributed by atoms with Gasteiger partial charge in [-0.3, -0.25) is 19.3 Å². The number of nitrogens with two attached hydrogens (primary N) is 1. The summed E-state index contributed by atoms with van der Waals surface area (Å²) in [4.78, 5) is 39.4. The zero-order chi connectivity index (χ0) is 29.1. The first-order chi connectivity index (χ1) is 17.5. The number of aliphatic hydroxyl groups excluding tert-OH is 5. The molecular formula is C28H42N2O8. The molecule has 0 aromatic rings. The summed E-state index contributed by atoms with van der Waals surface area (Å²) in [5, 5.41) is 54.7. The second-order valence-electron chi connectivity index (χ2n) is 11.3. The van der Waals surface area contributed by atoms with E-state index in [1.807, 2.05) is 26.8 Å². The van der Waals surface area contributed by atoms with E-state index >= 15 is 0 Å². The molecule has 0 saturated carbocycles. The smallest absolute Gasteiger partial charge is 0.255 e. The number of rotatable bonds is 5. The van der Waals surface area contributed by atoms with Crippen LogP contribution in [0.1, 0.15) is 53.4 Å². The number of allylic oxidation sites excluding steroid dienone is 2. The van der Waals surface area contributed by atoms with E-state index in [1.54, 1.807) is 27.1 Å². The number of carbonyl (C=O) groups is 3. The molecule has 0 spiro atoms. The molecule has 10 nitrogen and oxygen atoms in total. The third-order valence-corrected chi connectivity index (χ3v) is 7.64. The molecule has 6 atom stereocenters. The molecule has 0 aliphatic heterocycles. The Balaban J connectivity index is 2.74. The van der Waals surface area contributed by atoms with Gasteiger partial charge in [-0.1, -0.05) is 46.3 Å². The van der Waals surface area contributed by atoms with Crippen LogP contribution in [-0.2, 0) is 14.4 Å². The number of likely N-dealkylation sites (N-methyl/N-ethyl adjacent to an activating group) is 1. The van der Waals surface area contributed by atoms with E-state index in [-0.39, 0.29) is 23.8 Å². The van der Waals surface area contributed by atoms with Crippen molar-refractivity contribution in [3.63, 3.8) is 0 Å². The highest BCUT2D eigenvalue weighted by atomic mass is 16.3. The van der Waals surface area contributed by atoms with Gasteiger partial charge in [0.05, 0.1) is 18.2 Å². The fourth-order valence-electron chi connectivity index (χ4n) is 5.53. The normalized spacial score (nSPS) is 32.2. The van der Waals surface area contributed by atoms with Crippen LogP contribution < -0.4 is 5.73 Å². The van der Waals surface area contributed by atoms with Crippen LogP contribution in [0.3, 0.4) is 0 Å². The van der Waals surface area contributed by atoms with Crippen LogP contribution in [0, 0.1) is 17.3 Å². The molecule has 2 unspecified atom stereocenters. The minimum Gasteiger partial charge on any atom is -0.510 e. The van der Waals surface area contributed by atoms with Crippen LogP contribution in [0.25, 0.3) is 0 Å². The van der Waals surface area contributed by atoms with Gasteiger partial charge < -0.3 is 31.3 Å². The van der Waals surface area contributed by atoms with Gasteiger partial charge in [0.2, 0.25) is 5.78 Å². The second kappa shape index (κ2) is 12.4. The number of hydrogen-bond acceptors (Lipinski definition) is 9. The average molecular weight is 535 g/mol. The van der Waals surface area contributed by atoms with E-state index in [9.17, 15) is 39.9 Å². The Kier molecular flexibility index (Phi) is 10.2. The molecular weight excluding hydrogens is 492 g/mol. The number of ketones is 2. The van der Waals surface area contributed by atoms with Gasteiger partial charge in [-0.2, -0.15) is 0 Å². The van der Waals surface area contributed by atoms with E-state index in [0.29, 0.717) is 11.6 Å². The Labute approximate surface area is 223 Å². The first-order valence-corrected chi connectivity index (χ1v) is 12.9. The molecule has 0 heterocycles. The zero-order valence-corrected chi connectivity index (χ0v) is 23.0. The monoisotopic (exact) mass is 534 g/mol. The van der Waals surface area contributed by atoms with Crippen molar-refractivity contribution in [1.82, 2.24) is 4.90 Å². The SMILES string of the molecule is CCCC(C)(C)C1C=CC2=C(C(O)=CC(=O)[C@H](O)C(=O)/C(C(N)=O)=C(/O)[C@@H](N(C)C)C[C@@H](O)C[C@H]2C)C1O. The van der Waals surface area contributed by atoms with Crippen LogP contribution in [-0.4, -0.2) is 86.4 Å². The molecule has 0 radical (unpaired) electrons.